The van der Waals surface area contributed by atoms with Crippen molar-refractivity contribution in [2.24, 2.45) is 0 Å². The maximum Gasteiger partial charge on any atom is 0.0915 e. The molecule has 1 nitrogen and oxygen atoms in total. The van der Waals surface area contributed by atoms with Crippen LogP contribution in [0.5, 0.6) is 0 Å². The topological polar surface area (TPSA) is 23.8 Å². The maximum atomic E-state index is 9.13. The van der Waals surface area contributed by atoms with Crippen LogP contribution in [0.15, 0.2) is 10.5 Å². The lowest BCUT2D eigenvalue weighted by molar-refractivity contribution is 0.330. The number of hydrogen-bond donors (Lipinski definition) is 0. The Morgan fingerprint density at radius 1 is 1.62 bits per heavy atom. The van der Waals surface area contributed by atoms with Crippen LogP contribution in [-0.4, -0.2) is 0 Å². The van der Waals surface area contributed by atoms with E-state index < -0.39 is 0 Å². The van der Waals surface area contributed by atoms with Crippen LogP contribution in [0.4, 0.5) is 0 Å². The Labute approximate surface area is 90.5 Å². The van der Waals surface area contributed by atoms with E-state index in [0.29, 0.717) is 0 Å². The molecule has 0 bridgehead atoms. The van der Waals surface area contributed by atoms with Crippen LogP contribution < -0.4 is 0 Å². The largest absolute Gasteiger partial charge is 0.197 e. The zero-order chi connectivity index (χ0) is 9.47. The summed E-state index contributed by atoms with van der Waals surface area (Å²) < 4.78 is 1.15. The van der Waals surface area contributed by atoms with Gasteiger partial charge in [-0.15, -0.1) is 11.3 Å². The average molecular weight is 256 g/mol. The van der Waals surface area contributed by atoms with Gasteiger partial charge in [0.1, 0.15) is 0 Å². The Hall–Kier alpha value is -0.330. The second kappa shape index (κ2) is 3.11. The maximum absolute atomic E-state index is 9.13. The Kier molecular flexibility index (Phi) is 2.21. The van der Waals surface area contributed by atoms with Crippen molar-refractivity contribution in [1.29, 1.82) is 5.26 Å². The van der Waals surface area contributed by atoms with Gasteiger partial charge in [-0.05, 0) is 48.2 Å². The number of hydrogen-bond acceptors (Lipinski definition) is 2. The number of thiophene rings is 1. The predicted octanol–water partition coefficient (Wildman–Crippen LogP) is 3.76. The predicted molar refractivity (Wildman–Crippen MR) is 57.9 cm³/mol. The van der Waals surface area contributed by atoms with Crippen LogP contribution in [0.3, 0.4) is 0 Å². The van der Waals surface area contributed by atoms with Gasteiger partial charge in [0.05, 0.1) is 11.5 Å². The lowest BCUT2D eigenvalue weighted by Gasteiger charge is -2.34. The minimum absolute atomic E-state index is 0.137. The molecule has 3 heteroatoms. The summed E-state index contributed by atoms with van der Waals surface area (Å²) in [5.74, 6) is 0. The van der Waals surface area contributed by atoms with Gasteiger partial charge in [0.25, 0.3) is 0 Å². The SMILES string of the molecule is Cc1sc(C2(C#N)CCC2)cc1Br. The highest BCUT2D eigenvalue weighted by Crippen LogP contribution is 2.47. The zero-order valence-electron chi connectivity index (χ0n) is 7.43. The van der Waals surface area contributed by atoms with E-state index in [9.17, 15) is 0 Å². The molecule has 1 aliphatic rings. The molecular formula is C10H10BrNS. The smallest absolute Gasteiger partial charge is 0.0915 e. The molecule has 1 aromatic rings. The molecule has 0 N–H and O–H groups in total. The Morgan fingerprint density at radius 2 is 2.31 bits per heavy atom. The first kappa shape index (κ1) is 9.23. The second-order valence-electron chi connectivity index (χ2n) is 3.56. The van der Waals surface area contributed by atoms with E-state index in [0.717, 1.165) is 17.3 Å². The zero-order valence-corrected chi connectivity index (χ0v) is 9.83. The summed E-state index contributed by atoms with van der Waals surface area (Å²) in [5.41, 5.74) is -0.137. The lowest BCUT2D eigenvalue weighted by atomic mass is 9.69. The molecule has 68 valence electrons. The molecule has 0 radical (unpaired) electrons. The van der Waals surface area contributed by atoms with Crippen molar-refractivity contribution in [3.05, 3.63) is 20.3 Å². The third-order valence-electron chi connectivity index (χ3n) is 2.75. The molecule has 1 saturated carbocycles. The molecule has 13 heavy (non-hydrogen) atoms. The van der Waals surface area contributed by atoms with Crippen LogP contribution in [0, 0.1) is 18.3 Å². The molecule has 0 atom stereocenters. The van der Waals surface area contributed by atoms with Crippen molar-refractivity contribution < 1.29 is 0 Å². The van der Waals surface area contributed by atoms with E-state index in [4.69, 9.17) is 5.26 Å². The van der Waals surface area contributed by atoms with Gasteiger partial charge in [0, 0.05) is 14.2 Å². The molecule has 0 saturated heterocycles. The van der Waals surface area contributed by atoms with E-state index >= 15 is 0 Å². The van der Waals surface area contributed by atoms with Crippen molar-refractivity contribution in [3.8, 4) is 6.07 Å². The highest BCUT2D eigenvalue weighted by atomic mass is 79.9. The van der Waals surface area contributed by atoms with Crippen LogP contribution >= 0.6 is 27.3 Å². The molecule has 0 unspecified atom stereocenters. The Morgan fingerprint density at radius 3 is 2.62 bits per heavy atom. The minimum Gasteiger partial charge on any atom is -0.197 e. The summed E-state index contributed by atoms with van der Waals surface area (Å²) in [5, 5.41) is 9.13. The van der Waals surface area contributed by atoms with Crippen molar-refractivity contribution in [1.82, 2.24) is 0 Å². The van der Waals surface area contributed by atoms with E-state index in [1.165, 1.54) is 16.2 Å². The molecule has 1 aliphatic carbocycles. The van der Waals surface area contributed by atoms with Gasteiger partial charge in [-0.3, -0.25) is 0 Å². The van der Waals surface area contributed by atoms with Gasteiger partial charge in [-0.1, -0.05) is 0 Å². The number of rotatable bonds is 1. The Balaban J connectivity index is 2.40. The summed E-state index contributed by atoms with van der Waals surface area (Å²) in [6.07, 6.45) is 3.27. The molecular weight excluding hydrogens is 246 g/mol. The molecule has 1 fully saturated rings. The summed E-state index contributed by atoms with van der Waals surface area (Å²) in [7, 11) is 0. The fourth-order valence-electron chi connectivity index (χ4n) is 1.64. The van der Waals surface area contributed by atoms with Crippen LogP contribution in [0.25, 0.3) is 0 Å². The minimum atomic E-state index is -0.137. The molecule has 1 heterocycles. The monoisotopic (exact) mass is 255 g/mol. The molecule has 0 aromatic carbocycles. The van der Waals surface area contributed by atoms with Crippen molar-refractivity contribution in [2.75, 3.05) is 0 Å². The molecule has 2 rings (SSSR count). The van der Waals surface area contributed by atoms with Crippen molar-refractivity contribution in [3.63, 3.8) is 0 Å². The first-order chi connectivity index (χ1) is 6.18. The van der Waals surface area contributed by atoms with Crippen LogP contribution in [-0.2, 0) is 5.41 Å². The highest BCUT2D eigenvalue weighted by Gasteiger charge is 2.40. The lowest BCUT2D eigenvalue weighted by Crippen LogP contribution is -2.31. The molecule has 1 aromatic heterocycles. The van der Waals surface area contributed by atoms with Crippen LogP contribution in [0.1, 0.15) is 29.0 Å². The van der Waals surface area contributed by atoms with Crippen LogP contribution in [0.2, 0.25) is 0 Å². The molecule has 0 spiro atoms. The van der Waals surface area contributed by atoms with Crippen molar-refractivity contribution >= 4 is 27.3 Å². The molecule has 0 aliphatic heterocycles. The van der Waals surface area contributed by atoms with Crippen molar-refractivity contribution in [2.45, 2.75) is 31.6 Å². The molecule has 0 amide bonds. The van der Waals surface area contributed by atoms with Gasteiger partial charge in [-0.2, -0.15) is 5.26 Å². The fraction of sp³-hybridized carbons (Fsp3) is 0.500. The number of aryl methyl sites for hydroxylation is 1. The van der Waals surface area contributed by atoms with Gasteiger partial charge < -0.3 is 0 Å². The normalized spacial score (nSPS) is 19.2. The van der Waals surface area contributed by atoms with Gasteiger partial charge in [0.15, 0.2) is 0 Å². The standard InChI is InChI=1S/C10H10BrNS/c1-7-8(11)5-9(13-7)10(6-12)3-2-4-10/h5H,2-4H2,1H3. The summed E-state index contributed by atoms with van der Waals surface area (Å²) >= 11 is 5.24. The summed E-state index contributed by atoms with van der Waals surface area (Å²) in [6, 6.07) is 4.57. The van der Waals surface area contributed by atoms with Gasteiger partial charge in [0.2, 0.25) is 0 Å². The van der Waals surface area contributed by atoms with E-state index in [-0.39, 0.29) is 5.41 Å². The third-order valence-corrected chi connectivity index (χ3v) is 5.09. The van der Waals surface area contributed by atoms with E-state index in [1.807, 2.05) is 0 Å². The quantitative estimate of drug-likeness (QED) is 0.750. The van der Waals surface area contributed by atoms with E-state index in [2.05, 4.69) is 35.0 Å². The van der Waals surface area contributed by atoms with Gasteiger partial charge >= 0.3 is 0 Å². The van der Waals surface area contributed by atoms with Gasteiger partial charge in [-0.25, -0.2) is 0 Å². The highest BCUT2D eigenvalue weighted by molar-refractivity contribution is 9.10. The second-order valence-corrected chi connectivity index (χ2v) is 5.67. The fourth-order valence-corrected chi connectivity index (χ4v) is 3.37. The average Bonchev–Trinajstić information content (AvgIpc) is 2.31. The number of nitrogens with zero attached hydrogens (tertiary/aromatic N) is 1. The summed E-state index contributed by atoms with van der Waals surface area (Å²) in [4.78, 5) is 2.52. The first-order valence-electron chi connectivity index (χ1n) is 4.36. The third kappa shape index (κ3) is 1.33. The summed E-state index contributed by atoms with van der Waals surface area (Å²) in [6.45, 7) is 2.09. The number of nitriles is 1. The van der Waals surface area contributed by atoms with E-state index in [1.54, 1.807) is 11.3 Å². The first-order valence-corrected chi connectivity index (χ1v) is 5.96. The Bertz CT molecular complexity index is 351. The number of halogens is 1.